The molecule has 33 heavy (non-hydrogen) atoms. The number of hydrogen-bond acceptors (Lipinski definition) is 6. The first kappa shape index (κ1) is 20.0. The molecule has 0 atom stereocenters. The molecule has 9 heteroatoms. The van der Waals surface area contributed by atoms with Gasteiger partial charge in [-0.2, -0.15) is 0 Å². The molecule has 0 heterocycles. The van der Waals surface area contributed by atoms with E-state index < -0.39 is 31.8 Å². The number of nitrogens with zero attached hydrogens (tertiary/aromatic N) is 3. The van der Waals surface area contributed by atoms with Gasteiger partial charge in [-0.15, -0.1) is 0 Å². The minimum absolute atomic E-state index is 0.304. The van der Waals surface area contributed by atoms with Crippen molar-refractivity contribution in [2.45, 2.75) is 0 Å². The molecular weight excluding hydrogens is 426 g/mol. The topological polar surface area (TPSA) is 129 Å². The van der Waals surface area contributed by atoms with Crippen LogP contribution in [0.5, 0.6) is 0 Å². The first-order valence-corrected chi connectivity index (χ1v) is 9.81. The predicted octanol–water partition coefficient (Wildman–Crippen LogP) is 6.48. The number of hydrogen-bond donors (Lipinski definition) is 0. The third kappa shape index (κ3) is 3.19. The molecule has 0 aromatic heterocycles. The van der Waals surface area contributed by atoms with E-state index in [-0.39, 0.29) is 5.56 Å². The molecule has 5 aromatic rings. The average molecular weight is 439 g/mol. The smallest absolute Gasteiger partial charge is 0.258 e. The lowest BCUT2D eigenvalue weighted by Crippen LogP contribution is -2.00. The molecule has 0 spiro atoms. The van der Waals surface area contributed by atoms with Crippen molar-refractivity contribution in [1.29, 1.82) is 0 Å². The van der Waals surface area contributed by atoms with Crippen LogP contribution in [0.3, 0.4) is 0 Å². The van der Waals surface area contributed by atoms with E-state index in [0.29, 0.717) is 5.56 Å². The van der Waals surface area contributed by atoms with Crippen LogP contribution in [-0.2, 0) is 0 Å². The number of nitro benzene ring substituents is 3. The molecule has 0 aliphatic heterocycles. The normalized spacial score (nSPS) is 11.6. The lowest BCUT2D eigenvalue weighted by atomic mass is 9.91. The summed E-state index contributed by atoms with van der Waals surface area (Å²) in [6.45, 7) is 0. The Morgan fingerprint density at radius 3 is 1.73 bits per heavy atom. The highest BCUT2D eigenvalue weighted by atomic mass is 16.6. The molecule has 0 fully saturated rings. The Labute approximate surface area is 185 Å². The van der Waals surface area contributed by atoms with Crippen molar-refractivity contribution >= 4 is 61.5 Å². The van der Waals surface area contributed by atoms with E-state index >= 15 is 0 Å². The molecule has 5 aromatic carbocycles. The van der Waals surface area contributed by atoms with E-state index in [2.05, 4.69) is 0 Å². The third-order valence-corrected chi connectivity index (χ3v) is 5.72. The van der Waals surface area contributed by atoms with Crippen LogP contribution < -0.4 is 0 Å². The zero-order chi connectivity index (χ0) is 23.3. The van der Waals surface area contributed by atoms with Gasteiger partial charge in [-0.3, -0.25) is 30.3 Å². The van der Waals surface area contributed by atoms with Gasteiger partial charge in [0.15, 0.2) is 0 Å². The second kappa shape index (κ2) is 7.34. The lowest BCUT2D eigenvalue weighted by molar-refractivity contribution is -0.403. The third-order valence-electron chi connectivity index (χ3n) is 5.72. The Morgan fingerprint density at radius 2 is 1.15 bits per heavy atom. The summed E-state index contributed by atoms with van der Waals surface area (Å²) < 4.78 is 0. The van der Waals surface area contributed by atoms with Gasteiger partial charge >= 0.3 is 0 Å². The molecule has 0 aliphatic rings. The summed E-state index contributed by atoms with van der Waals surface area (Å²) in [6.07, 6.45) is 2.83. The quantitative estimate of drug-likeness (QED) is 0.133. The number of rotatable bonds is 5. The van der Waals surface area contributed by atoms with E-state index in [9.17, 15) is 30.3 Å². The van der Waals surface area contributed by atoms with Crippen molar-refractivity contribution in [3.63, 3.8) is 0 Å². The van der Waals surface area contributed by atoms with Crippen LogP contribution in [0.2, 0.25) is 0 Å². The predicted molar refractivity (Wildman–Crippen MR) is 125 cm³/mol. The molecule has 5 rings (SSSR count). The van der Waals surface area contributed by atoms with E-state index in [1.807, 2.05) is 54.6 Å². The summed E-state index contributed by atoms with van der Waals surface area (Å²) in [5, 5.41) is 40.4. The lowest BCUT2D eigenvalue weighted by Gasteiger charge is -2.12. The second-order valence-corrected chi connectivity index (χ2v) is 7.51. The fraction of sp³-hybridized carbons (Fsp3) is 0. The number of benzene rings is 5. The highest BCUT2D eigenvalue weighted by Crippen LogP contribution is 2.38. The molecular formula is C24H13N3O6. The molecule has 0 saturated carbocycles. The molecule has 0 aliphatic carbocycles. The minimum atomic E-state index is -0.894. The molecule has 0 saturated heterocycles. The van der Waals surface area contributed by atoms with E-state index in [4.69, 9.17) is 0 Å². The van der Waals surface area contributed by atoms with Gasteiger partial charge in [-0.1, -0.05) is 60.7 Å². The molecule has 0 amide bonds. The van der Waals surface area contributed by atoms with Gasteiger partial charge in [-0.05, 0) is 44.0 Å². The molecule has 0 N–H and O–H groups in total. The van der Waals surface area contributed by atoms with Gasteiger partial charge in [0.25, 0.3) is 17.1 Å². The van der Waals surface area contributed by atoms with Crippen molar-refractivity contribution in [3.8, 4) is 0 Å². The van der Waals surface area contributed by atoms with Crippen LogP contribution in [0.1, 0.15) is 11.1 Å². The van der Waals surface area contributed by atoms with Crippen molar-refractivity contribution in [3.05, 3.63) is 108 Å². The van der Waals surface area contributed by atoms with Gasteiger partial charge < -0.3 is 0 Å². The average Bonchev–Trinajstić information content (AvgIpc) is 2.80. The monoisotopic (exact) mass is 439 g/mol. The van der Waals surface area contributed by atoms with Crippen molar-refractivity contribution in [2.24, 2.45) is 0 Å². The maximum absolute atomic E-state index is 11.6. The Bertz CT molecular complexity index is 1610. The summed E-state index contributed by atoms with van der Waals surface area (Å²) in [5.74, 6) is 0. The Kier molecular flexibility index (Phi) is 4.45. The SMILES string of the molecule is O=[N+]([O-])c1cc([N+](=O)[O-])c(C=Cc2ccc3ccc4cccc5ccc2c3c45)c([N+](=O)[O-])c1. The van der Waals surface area contributed by atoms with Crippen molar-refractivity contribution < 1.29 is 14.8 Å². The van der Waals surface area contributed by atoms with Crippen LogP contribution in [0, 0.1) is 30.3 Å². The zero-order valence-corrected chi connectivity index (χ0v) is 16.8. The maximum Gasteiger partial charge on any atom is 0.290 e. The van der Waals surface area contributed by atoms with Crippen LogP contribution in [0.15, 0.2) is 66.7 Å². The molecule has 0 unspecified atom stereocenters. The van der Waals surface area contributed by atoms with Gasteiger partial charge in [-0.25, -0.2) is 0 Å². The largest absolute Gasteiger partial charge is 0.290 e. The fourth-order valence-corrected chi connectivity index (χ4v) is 4.26. The van der Waals surface area contributed by atoms with Gasteiger partial charge in [0.05, 0.1) is 26.9 Å². The van der Waals surface area contributed by atoms with Crippen molar-refractivity contribution in [2.75, 3.05) is 0 Å². The van der Waals surface area contributed by atoms with Gasteiger partial charge in [0, 0.05) is 0 Å². The van der Waals surface area contributed by atoms with Gasteiger partial charge in [0.2, 0.25) is 0 Å². The standard InChI is InChI=1S/C24H13N3O6/c28-25(29)18-12-21(26(30)31)20(22(13-18)27(32)33)11-8-14-4-5-17-7-6-15-2-1-3-16-9-10-19(14)24(17)23(15)16/h1-13H. The summed E-state index contributed by atoms with van der Waals surface area (Å²) in [6, 6.07) is 19.2. The molecule has 0 bridgehead atoms. The Hall–Kier alpha value is -4.92. The van der Waals surface area contributed by atoms with E-state index in [0.717, 1.165) is 44.5 Å². The zero-order valence-electron chi connectivity index (χ0n) is 16.8. The summed E-state index contributed by atoms with van der Waals surface area (Å²) in [4.78, 5) is 31.6. The van der Waals surface area contributed by atoms with Crippen molar-refractivity contribution in [1.82, 2.24) is 0 Å². The van der Waals surface area contributed by atoms with E-state index in [1.165, 1.54) is 6.08 Å². The highest BCUT2D eigenvalue weighted by molar-refractivity contribution is 6.24. The van der Waals surface area contributed by atoms with Crippen LogP contribution in [-0.4, -0.2) is 14.8 Å². The van der Waals surface area contributed by atoms with Crippen LogP contribution in [0.4, 0.5) is 17.1 Å². The molecule has 0 radical (unpaired) electrons. The van der Waals surface area contributed by atoms with E-state index in [1.54, 1.807) is 6.08 Å². The molecule has 9 nitrogen and oxygen atoms in total. The van der Waals surface area contributed by atoms with Crippen LogP contribution in [0.25, 0.3) is 44.5 Å². The number of nitro groups is 3. The summed E-state index contributed by atoms with van der Waals surface area (Å²) >= 11 is 0. The molecule has 160 valence electrons. The first-order valence-electron chi connectivity index (χ1n) is 9.81. The highest BCUT2D eigenvalue weighted by Gasteiger charge is 2.28. The van der Waals surface area contributed by atoms with Gasteiger partial charge in [0.1, 0.15) is 5.56 Å². The number of non-ortho nitro benzene ring substituents is 1. The summed E-state index contributed by atoms with van der Waals surface area (Å²) in [7, 11) is 0. The minimum Gasteiger partial charge on any atom is -0.258 e. The maximum atomic E-state index is 11.6. The first-order chi connectivity index (χ1) is 15.8. The summed E-state index contributed by atoms with van der Waals surface area (Å²) in [5.41, 5.74) is -1.72. The second-order valence-electron chi connectivity index (χ2n) is 7.51. The Morgan fingerprint density at radius 1 is 0.606 bits per heavy atom. The van der Waals surface area contributed by atoms with Crippen LogP contribution >= 0.6 is 0 Å². The fourth-order valence-electron chi connectivity index (χ4n) is 4.26. The Balaban J connectivity index is 1.74.